The molecule has 2 aromatic carbocycles. The minimum Gasteiger partial charge on any atom is -0.368 e. The zero-order valence-corrected chi connectivity index (χ0v) is 13.7. The first-order valence-electron chi connectivity index (χ1n) is 7.71. The Morgan fingerprint density at radius 3 is 2.38 bits per heavy atom. The molecule has 0 unspecified atom stereocenters. The lowest BCUT2D eigenvalue weighted by molar-refractivity contribution is -0.124. The molecule has 0 spiro atoms. The minimum absolute atomic E-state index is 0.136. The summed E-state index contributed by atoms with van der Waals surface area (Å²) < 4.78 is 5.34. The number of carbonyl (C=O) groups excluding carboxylic acids is 2. The fourth-order valence-corrected chi connectivity index (χ4v) is 2.67. The van der Waals surface area contributed by atoms with Gasteiger partial charge in [-0.15, -0.1) is 0 Å². The number of amides is 2. The molecule has 0 saturated carbocycles. The lowest BCUT2D eigenvalue weighted by Gasteiger charge is -2.11. The van der Waals surface area contributed by atoms with Crippen LogP contribution in [0.1, 0.15) is 23.2 Å². The van der Waals surface area contributed by atoms with Gasteiger partial charge in [-0.3, -0.25) is 9.59 Å². The molecule has 2 N–H and O–H groups in total. The van der Waals surface area contributed by atoms with E-state index >= 15 is 0 Å². The molecule has 1 aliphatic heterocycles. The van der Waals surface area contributed by atoms with Crippen LogP contribution in [-0.2, 0) is 9.53 Å². The molecule has 2 amide bonds. The van der Waals surface area contributed by atoms with Crippen molar-refractivity contribution in [3.63, 3.8) is 0 Å². The van der Waals surface area contributed by atoms with E-state index in [2.05, 4.69) is 10.6 Å². The number of ether oxygens (including phenoxy) is 1. The van der Waals surface area contributed by atoms with Crippen LogP contribution >= 0.6 is 11.6 Å². The van der Waals surface area contributed by atoms with Gasteiger partial charge in [0.1, 0.15) is 6.10 Å². The van der Waals surface area contributed by atoms with Crippen LogP contribution in [0, 0.1) is 0 Å². The van der Waals surface area contributed by atoms with Crippen LogP contribution in [0.25, 0.3) is 0 Å². The van der Waals surface area contributed by atoms with Crippen LogP contribution in [0.15, 0.2) is 48.5 Å². The highest BCUT2D eigenvalue weighted by Crippen LogP contribution is 2.18. The summed E-state index contributed by atoms with van der Waals surface area (Å²) in [6.45, 7) is 0.632. The van der Waals surface area contributed by atoms with E-state index in [0.717, 1.165) is 12.8 Å². The Morgan fingerprint density at radius 1 is 1.04 bits per heavy atom. The van der Waals surface area contributed by atoms with Crippen LogP contribution in [-0.4, -0.2) is 24.5 Å². The maximum Gasteiger partial charge on any atom is 0.255 e. The molecular formula is C18H17ClN2O3. The minimum atomic E-state index is -0.368. The van der Waals surface area contributed by atoms with Crippen LogP contribution < -0.4 is 10.6 Å². The van der Waals surface area contributed by atoms with Crippen molar-refractivity contribution < 1.29 is 14.3 Å². The summed E-state index contributed by atoms with van der Waals surface area (Å²) in [7, 11) is 0. The number of carbonyl (C=O) groups is 2. The van der Waals surface area contributed by atoms with Crippen molar-refractivity contribution in [3.05, 3.63) is 59.1 Å². The highest BCUT2D eigenvalue weighted by molar-refractivity contribution is 6.31. The molecule has 0 aromatic heterocycles. The number of hydrogen-bond acceptors (Lipinski definition) is 3. The molecule has 6 heteroatoms. The zero-order valence-electron chi connectivity index (χ0n) is 12.9. The molecule has 124 valence electrons. The van der Waals surface area contributed by atoms with E-state index < -0.39 is 0 Å². The van der Waals surface area contributed by atoms with Crippen molar-refractivity contribution in [1.82, 2.24) is 0 Å². The first-order chi connectivity index (χ1) is 11.6. The first kappa shape index (κ1) is 16.5. The summed E-state index contributed by atoms with van der Waals surface area (Å²) >= 11 is 5.88. The lowest BCUT2D eigenvalue weighted by Crippen LogP contribution is -2.26. The molecule has 1 heterocycles. The normalized spacial score (nSPS) is 16.6. The molecule has 1 saturated heterocycles. The van der Waals surface area contributed by atoms with E-state index in [1.54, 1.807) is 48.5 Å². The molecule has 1 atom stereocenters. The van der Waals surface area contributed by atoms with E-state index in [1.165, 1.54) is 0 Å². The third-order valence-electron chi connectivity index (χ3n) is 3.72. The summed E-state index contributed by atoms with van der Waals surface area (Å²) in [5, 5.41) is 6.10. The molecule has 0 bridgehead atoms. The van der Waals surface area contributed by atoms with Gasteiger partial charge in [-0.25, -0.2) is 0 Å². The van der Waals surface area contributed by atoms with Crippen molar-refractivity contribution in [2.45, 2.75) is 18.9 Å². The second-order valence-electron chi connectivity index (χ2n) is 5.53. The van der Waals surface area contributed by atoms with E-state index in [-0.39, 0.29) is 17.9 Å². The van der Waals surface area contributed by atoms with Crippen molar-refractivity contribution in [1.29, 1.82) is 0 Å². The maximum absolute atomic E-state index is 12.1. The topological polar surface area (TPSA) is 67.4 Å². The van der Waals surface area contributed by atoms with Gasteiger partial charge in [-0.2, -0.15) is 0 Å². The molecular weight excluding hydrogens is 328 g/mol. The third-order valence-corrected chi connectivity index (χ3v) is 3.95. The van der Waals surface area contributed by atoms with Crippen molar-refractivity contribution >= 4 is 34.8 Å². The molecule has 5 nitrogen and oxygen atoms in total. The average molecular weight is 345 g/mol. The van der Waals surface area contributed by atoms with Crippen LogP contribution in [0.2, 0.25) is 5.02 Å². The van der Waals surface area contributed by atoms with Crippen molar-refractivity contribution in [2.75, 3.05) is 17.2 Å². The fraction of sp³-hybridized carbons (Fsp3) is 0.222. The van der Waals surface area contributed by atoms with Gasteiger partial charge in [0.15, 0.2) is 0 Å². The van der Waals surface area contributed by atoms with Gasteiger partial charge < -0.3 is 15.4 Å². The Morgan fingerprint density at radius 2 is 1.75 bits per heavy atom. The number of halogens is 1. The summed E-state index contributed by atoms with van der Waals surface area (Å²) in [6.07, 6.45) is 1.29. The monoisotopic (exact) mass is 344 g/mol. The van der Waals surface area contributed by atoms with Gasteiger partial charge in [-0.05, 0) is 55.3 Å². The van der Waals surface area contributed by atoms with Crippen LogP contribution in [0.4, 0.5) is 11.4 Å². The summed E-state index contributed by atoms with van der Waals surface area (Å²) in [5.41, 5.74) is 1.78. The largest absolute Gasteiger partial charge is 0.368 e. The fourth-order valence-electron chi connectivity index (χ4n) is 2.48. The molecule has 1 fully saturated rings. The van der Waals surface area contributed by atoms with Gasteiger partial charge >= 0.3 is 0 Å². The van der Waals surface area contributed by atoms with Gasteiger partial charge in [0.2, 0.25) is 0 Å². The number of rotatable bonds is 4. The molecule has 1 aliphatic rings. The summed E-state index contributed by atoms with van der Waals surface area (Å²) in [6, 6.07) is 13.7. The predicted octanol–water partition coefficient (Wildman–Crippen LogP) is 3.71. The first-order valence-corrected chi connectivity index (χ1v) is 8.09. The lowest BCUT2D eigenvalue weighted by atomic mass is 10.2. The number of anilines is 2. The third kappa shape index (κ3) is 4.13. The van der Waals surface area contributed by atoms with E-state index in [9.17, 15) is 9.59 Å². The average Bonchev–Trinajstić information content (AvgIpc) is 3.11. The Labute approximate surface area is 145 Å². The second kappa shape index (κ2) is 7.47. The maximum atomic E-state index is 12.1. The second-order valence-corrected chi connectivity index (χ2v) is 5.97. The Balaban J connectivity index is 1.60. The quantitative estimate of drug-likeness (QED) is 0.888. The Kier molecular flexibility index (Phi) is 5.13. The van der Waals surface area contributed by atoms with E-state index in [1.807, 2.05) is 0 Å². The number of hydrogen-bond donors (Lipinski definition) is 2. The van der Waals surface area contributed by atoms with Gasteiger partial charge in [0.25, 0.3) is 11.8 Å². The molecule has 2 aromatic rings. The SMILES string of the molecule is O=C(Nc1ccc(NC(=O)[C@H]2CCCO2)cc1)c1cccc(Cl)c1. The number of nitrogens with one attached hydrogen (secondary N) is 2. The van der Waals surface area contributed by atoms with Crippen molar-refractivity contribution in [3.8, 4) is 0 Å². The van der Waals surface area contributed by atoms with Gasteiger partial charge in [0.05, 0.1) is 0 Å². The van der Waals surface area contributed by atoms with Crippen LogP contribution in [0.5, 0.6) is 0 Å². The number of benzene rings is 2. The van der Waals surface area contributed by atoms with Gasteiger partial charge in [0, 0.05) is 28.6 Å². The smallest absolute Gasteiger partial charge is 0.255 e. The zero-order chi connectivity index (χ0) is 16.9. The van der Waals surface area contributed by atoms with E-state index in [4.69, 9.17) is 16.3 Å². The highest BCUT2D eigenvalue weighted by atomic mass is 35.5. The Hall–Kier alpha value is -2.37. The van der Waals surface area contributed by atoms with Crippen molar-refractivity contribution in [2.24, 2.45) is 0 Å². The van der Waals surface area contributed by atoms with Gasteiger partial charge in [-0.1, -0.05) is 17.7 Å². The van der Waals surface area contributed by atoms with E-state index in [0.29, 0.717) is 28.6 Å². The highest BCUT2D eigenvalue weighted by Gasteiger charge is 2.23. The Bertz CT molecular complexity index is 740. The predicted molar refractivity (Wildman–Crippen MR) is 93.5 cm³/mol. The molecule has 0 aliphatic carbocycles. The summed E-state index contributed by atoms with van der Waals surface area (Å²) in [5.74, 6) is -0.378. The molecule has 0 radical (unpaired) electrons. The summed E-state index contributed by atoms with van der Waals surface area (Å²) in [4.78, 5) is 24.1. The molecule has 24 heavy (non-hydrogen) atoms. The molecule has 3 rings (SSSR count). The standard InChI is InChI=1S/C18H17ClN2O3/c19-13-4-1-3-12(11-13)17(22)20-14-6-8-15(9-7-14)21-18(23)16-5-2-10-24-16/h1,3-4,6-9,11,16H,2,5,10H2,(H,20,22)(H,21,23)/t16-/m1/s1. The van der Waals surface area contributed by atoms with Crippen LogP contribution in [0.3, 0.4) is 0 Å².